The third kappa shape index (κ3) is 3.61. The summed E-state index contributed by atoms with van der Waals surface area (Å²) in [5, 5.41) is 12.8. The summed E-state index contributed by atoms with van der Waals surface area (Å²) in [7, 11) is 1.78. The van der Waals surface area contributed by atoms with E-state index in [0.717, 1.165) is 22.2 Å². The maximum absolute atomic E-state index is 11.8. The van der Waals surface area contributed by atoms with Gasteiger partial charge in [0.15, 0.2) is 0 Å². The van der Waals surface area contributed by atoms with Crippen molar-refractivity contribution in [1.29, 1.82) is 0 Å². The maximum atomic E-state index is 11.8. The molecule has 0 unspecified atom stereocenters. The molecule has 0 bridgehead atoms. The van der Waals surface area contributed by atoms with E-state index in [1.165, 1.54) is 0 Å². The van der Waals surface area contributed by atoms with Crippen LogP contribution in [0.15, 0.2) is 17.2 Å². The second kappa shape index (κ2) is 5.38. The number of thioether (sulfide) groups is 1. The fourth-order valence-corrected chi connectivity index (χ4v) is 2.78. The minimum Gasteiger partial charge on any atom is -0.389 e. The normalized spacial score (nSPS) is 16.0. The molecule has 1 aliphatic heterocycles. The molecule has 0 radical (unpaired) electrons. The molecule has 104 valence electrons. The quantitative estimate of drug-likeness (QED) is 0.883. The van der Waals surface area contributed by atoms with E-state index in [0.29, 0.717) is 13.0 Å². The highest BCUT2D eigenvalue weighted by Gasteiger charge is 2.20. The predicted octanol–water partition coefficient (Wildman–Crippen LogP) is 1.72. The van der Waals surface area contributed by atoms with Gasteiger partial charge in [0.2, 0.25) is 5.91 Å². The number of rotatable bonds is 3. The van der Waals surface area contributed by atoms with Gasteiger partial charge in [0.1, 0.15) is 5.82 Å². The minimum absolute atomic E-state index is 0.116. The molecule has 1 aromatic rings. The Morgan fingerprint density at radius 3 is 3.00 bits per heavy atom. The Morgan fingerprint density at radius 2 is 2.32 bits per heavy atom. The van der Waals surface area contributed by atoms with E-state index in [4.69, 9.17) is 0 Å². The first kappa shape index (κ1) is 14.1. The van der Waals surface area contributed by atoms with Crippen LogP contribution in [0.3, 0.4) is 0 Å². The number of fused-ring (bicyclic) bond motifs is 1. The first-order valence-corrected chi connectivity index (χ1v) is 7.21. The molecule has 0 saturated carbocycles. The van der Waals surface area contributed by atoms with E-state index in [9.17, 15) is 9.90 Å². The first-order valence-electron chi connectivity index (χ1n) is 6.22. The maximum Gasteiger partial charge on any atom is 0.227 e. The highest BCUT2D eigenvalue weighted by Crippen LogP contribution is 2.34. The average Bonchev–Trinajstić information content (AvgIpc) is 2.47. The van der Waals surface area contributed by atoms with Crippen LogP contribution in [0.25, 0.3) is 0 Å². The molecule has 2 rings (SSSR count). The Labute approximate surface area is 117 Å². The number of pyridine rings is 1. The van der Waals surface area contributed by atoms with Gasteiger partial charge in [-0.15, -0.1) is 11.8 Å². The van der Waals surface area contributed by atoms with Crippen molar-refractivity contribution < 1.29 is 9.90 Å². The fraction of sp³-hybridized carbons (Fsp3) is 0.538. The number of aromatic nitrogens is 1. The summed E-state index contributed by atoms with van der Waals surface area (Å²) in [6.45, 7) is 3.91. The second-order valence-electron chi connectivity index (χ2n) is 5.25. The number of anilines is 2. The molecule has 1 aromatic heterocycles. The van der Waals surface area contributed by atoms with Crippen LogP contribution in [-0.2, 0) is 4.79 Å². The van der Waals surface area contributed by atoms with Gasteiger partial charge in [-0.05, 0) is 19.9 Å². The van der Waals surface area contributed by atoms with E-state index in [1.54, 1.807) is 43.8 Å². The third-order valence-electron chi connectivity index (χ3n) is 2.86. The van der Waals surface area contributed by atoms with Crippen LogP contribution in [-0.4, -0.2) is 40.9 Å². The molecule has 0 saturated heterocycles. The van der Waals surface area contributed by atoms with Crippen molar-refractivity contribution >= 4 is 29.2 Å². The van der Waals surface area contributed by atoms with E-state index < -0.39 is 5.60 Å². The zero-order chi connectivity index (χ0) is 14.0. The average molecular weight is 281 g/mol. The summed E-state index contributed by atoms with van der Waals surface area (Å²) >= 11 is 1.66. The van der Waals surface area contributed by atoms with E-state index >= 15 is 0 Å². The summed E-state index contributed by atoms with van der Waals surface area (Å²) in [5.41, 5.74) is 0.0651. The van der Waals surface area contributed by atoms with Crippen LogP contribution in [0.1, 0.15) is 20.3 Å². The van der Waals surface area contributed by atoms with Gasteiger partial charge in [-0.3, -0.25) is 4.79 Å². The van der Waals surface area contributed by atoms with Crippen LogP contribution in [0.2, 0.25) is 0 Å². The van der Waals surface area contributed by atoms with Crippen LogP contribution in [0, 0.1) is 0 Å². The highest BCUT2D eigenvalue weighted by atomic mass is 32.2. The van der Waals surface area contributed by atoms with Crippen LogP contribution in [0.4, 0.5) is 11.5 Å². The number of nitrogens with zero attached hydrogens (tertiary/aromatic N) is 2. The lowest BCUT2D eigenvalue weighted by Gasteiger charge is -2.20. The van der Waals surface area contributed by atoms with Gasteiger partial charge in [0, 0.05) is 30.7 Å². The molecule has 0 spiro atoms. The molecule has 0 aliphatic carbocycles. The van der Waals surface area contributed by atoms with E-state index in [-0.39, 0.29) is 5.91 Å². The summed E-state index contributed by atoms with van der Waals surface area (Å²) in [6, 6.07) is 1.93. The van der Waals surface area contributed by atoms with Gasteiger partial charge in [-0.2, -0.15) is 0 Å². The molecule has 6 heteroatoms. The fourth-order valence-electron chi connectivity index (χ4n) is 1.75. The summed E-state index contributed by atoms with van der Waals surface area (Å²) in [4.78, 5) is 18.7. The minimum atomic E-state index is -0.783. The Kier molecular flexibility index (Phi) is 4.01. The molecule has 5 nitrogen and oxygen atoms in total. The van der Waals surface area contributed by atoms with Crippen molar-refractivity contribution in [2.45, 2.75) is 30.8 Å². The van der Waals surface area contributed by atoms with Crippen LogP contribution in [0.5, 0.6) is 0 Å². The molecule has 2 heterocycles. The number of hydrogen-bond donors (Lipinski definition) is 2. The van der Waals surface area contributed by atoms with Gasteiger partial charge in [0.05, 0.1) is 17.5 Å². The van der Waals surface area contributed by atoms with Crippen LogP contribution >= 0.6 is 11.8 Å². The largest absolute Gasteiger partial charge is 0.389 e. The van der Waals surface area contributed by atoms with Gasteiger partial charge >= 0.3 is 0 Å². The Bertz CT molecular complexity index is 485. The van der Waals surface area contributed by atoms with Crippen LogP contribution < -0.4 is 10.2 Å². The molecule has 19 heavy (non-hydrogen) atoms. The SMILES string of the molecule is CN1C(=O)CCSc2cc(NCC(C)(C)O)ncc21. The van der Waals surface area contributed by atoms with Crippen molar-refractivity contribution in [3.63, 3.8) is 0 Å². The van der Waals surface area contributed by atoms with Gasteiger partial charge in [-0.25, -0.2) is 4.98 Å². The number of amides is 1. The zero-order valence-corrected chi connectivity index (χ0v) is 12.3. The monoisotopic (exact) mass is 281 g/mol. The second-order valence-corrected chi connectivity index (χ2v) is 6.39. The Balaban J connectivity index is 2.19. The van der Waals surface area contributed by atoms with Crippen molar-refractivity contribution in [1.82, 2.24) is 4.98 Å². The smallest absolute Gasteiger partial charge is 0.227 e. The lowest BCUT2D eigenvalue weighted by Crippen LogP contribution is -2.29. The van der Waals surface area contributed by atoms with Crippen molar-refractivity contribution in [3.8, 4) is 0 Å². The molecular formula is C13H19N3O2S. The lowest BCUT2D eigenvalue weighted by atomic mass is 10.1. The van der Waals surface area contributed by atoms with E-state index in [1.807, 2.05) is 6.07 Å². The lowest BCUT2D eigenvalue weighted by molar-refractivity contribution is -0.117. The Hall–Kier alpha value is -1.27. The number of aliphatic hydroxyl groups is 1. The van der Waals surface area contributed by atoms with Crippen molar-refractivity contribution in [3.05, 3.63) is 12.3 Å². The number of hydrogen-bond acceptors (Lipinski definition) is 5. The summed E-state index contributed by atoms with van der Waals surface area (Å²) < 4.78 is 0. The summed E-state index contributed by atoms with van der Waals surface area (Å²) in [5.74, 6) is 1.62. The topological polar surface area (TPSA) is 65.5 Å². The first-order chi connectivity index (χ1) is 8.87. The predicted molar refractivity (Wildman–Crippen MR) is 77.8 cm³/mol. The Morgan fingerprint density at radius 1 is 1.58 bits per heavy atom. The van der Waals surface area contributed by atoms with Crippen molar-refractivity contribution in [2.75, 3.05) is 29.6 Å². The molecule has 1 aliphatic rings. The summed E-state index contributed by atoms with van der Waals surface area (Å²) in [6.07, 6.45) is 2.25. The van der Waals surface area contributed by atoms with Crippen molar-refractivity contribution in [2.24, 2.45) is 0 Å². The van der Waals surface area contributed by atoms with Gasteiger partial charge < -0.3 is 15.3 Å². The highest BCUT2D eigenvalue weighted by molar-refractivity contribution is 7.99. The van der Waals surface area contributed by atoms with Gasteiger partial charge in [0.25, 0.3) is 0 Å². The third-order valence-corrected chi connectivity index (χ3v) is 3.90. The number of carbonyl (C=O) groups excluding carboxylic acids is 1. The molecule has 0 atom stereocenters. The number of carbonyl (C=O) groups is 1. The molecule has 1 amide bonds. The number of nitrogens with one attached hydrogen (secondary N) is 1. The van der Waals surface area contributed by atoms with E-state index in [2.05, 4.69) is 10.3 Å². The molecule has 0 aromatic carbocycles. The molecule has 2 N–H and O–H groups in total. The van der Waals surface area contributed by atoms with Gasteiger partial charge in [-0.1, -0.05) is 0 Å². The molecular weight excluding hydrogens is 262 g/mol. The zero-order valence-electron chi connectivity index (χ0n) is 11.4. The standard InChI is InChI=1S/C13H19N3O2S/c1-13(2,18)8-15-11-6-10-9(7-14-11)16(3)12(17)4-5-19-10/h6-7,18H,4-5,8H2,1-3H3,(H,14,15). The molecule has 0 fully saturated rings.